The van der Waals surface area contributed by atoms with Crippen molar-refractivity contribution < 1.29 is 14.7 Å². The molecule has 1 aliphatic rings. The molecule has 1 aromatic carbocycles. The van der Waals surface area contributed by atoms with E-state index in [-0.39, 0.29) is 24.3 Å². The van der Waals surface area contributed by atoms with Crippen LogP contribution in [0.4, 0.5) is 5.69 Å². The van der Waals surface area contributed by atoms with Crippen LogP contribution in [0.25, 0.3) is 0 Å². The fraction of sp³-hybridized carbons (Fsp3) is 0.429. The van der Waals surface area contributed by atoms with Gasteiger partial charge >= 0.3 is 0 Å². The Kier molecular flexibility index (Phi) is 4.16. The summed E-state index contributed by atoms with van der Waals surface area (Å²) in [5.41, 5.74) is 2.36. The van der Waals surface area contributed by atoms with Crippen LogP contribution in [0.15, 0.2) is 18.2 Å². The normalized spacial score (nSPS) is 15.4. The summed E-state index contributed by atoms with van der Waals surface area (Å²) in [6, 6.07) is 5.27. The standard InChI is InChI=1S/C14H18N2O3/c1-9(8-17)7-15-14(19)11-2-4-12-10(6-11)3-5-13(18)16-12/h2,4,6,9,17H,3,5,7-8H2,1H3,(H,15,19)(H,16,18). The summed E-state index contributed by atoms with van der Waals surface area (Å²) >= 11 is 0. The Morgan fingerprint density at radius 2 is 2.26 bits per heavy atom. The third-order valence-corrected chi connectivity index (χ3v) is 3.19. The summed E-state index contributed by atoms with van der Waals surface area (Å²) in [6.45, 7) is 2.36. The Balaban J connectivity index is 2.05. The average molecular weight is 262 g/mol. The fourth-order valence-corrected chi connectivity index (χ4v) is 1.96. The topological polar surface area (TPSA) is 78.4 Å². The van der Waals surface area contributed by atoms with Crippen LogP contribution in [0, 0.1) is 5.92 Å². The van der Waals surface area contributed by atoms with E-state index in [4.69, 9.17) is 5.11 Å². The number of carbonyl (C=O) groups excluding carboxylic acids is 2. The van der Waals surface area contributed by atoms with Gasteiger partial charge < -0.3 is 15.7 Å². The highest BCUT2D eigenvalue weighted by molar-refractivity contribution is 5.97. The minimum atomic E-state index is -0.153. The van der Waals surface area contributed by atoms with Gasteiger partial charge in [-0.25, -0.2) is 0 Å². The Bertz CT molecular complexity index is 499. The number of aliphatic hydroxyl groups excluding tert-OH is 1. The van der Waals surface area contributed by atoms with E-state index in [0.29, 0.717) is 24.9 Å². The Morgan fingerprint density at radius 3 is 3.00 bits per heavy atom. The van der Waals surface area contributed by atoms with Crippen molar-refractivity contribution in [2.24, 2.45) is 5.92 Å². The molecular formula is C14H18N2O3. The Hall–Kier alpha value is -1.88. The molecule has 1 heterocycles. The number of fused-ring (bicyclic) bond motifs is 1. The first-order chi connectivity index (χ1) is 9.10. The van der Waals surface area contributed by atoms with Gasteiger partial charge in [0.1, 0.15) is 0 Å². The van der Waals surface area contributed by atoms with Crippen LogP contribution >= 0.6 is 0 Å². The van der Waals surface area contributed by atoms with Gasteiger partial charge in [-0.15, -0.1) is 0 Å². The zero-order chi connectivity index (χ0) is 13.8. The van der Waals surface area contributed by atoms with Crippen LogP contribution < -0.4 is 10.6 Å². The number of carbonyl (C=O) groups is 2. The van der Waals surface area contributed by atoms with Crippen molar-refractivity contribution in [3.05, 3.63) is 29.3 Å². The summed E-state index contributed by atoms with van der Waals surface area (Å²) in [7, 11) is 0. The van der Waals surface area contributed by atoms with Gasteiger partial charge in [0.25, 0.3) is 5.91 Å². The molecule has 5 heteroatoms. The zero-order valence-corrected chi connectivity index (χ0v) is 10.9. The molecule has 1 aromatic rings. The summed E-state index contributed by atoms with van der Waals surface area (Å²) in [4.78, 5) is 23.2. The summed E-state index contributed by atoms with van der Waals surface area (Å²) in [5, 5.41) is 14.5. The number of rotatable bonds is 4. The van der Waals surface area contributed by atoms with E-state index >= 15 is 0 Å². The highest BCUT2D eigenvalue weighted by Gasteiger charge is 2.16. The van der Waals surface area contributed by atoms with Gasteiger partial charge in [0.15, 0.2) is 0 Å². The first-order valence-electron chi connectivity index (χ1n) is 6.42. The number of hydrogen-bond donors (Lipinski definition) is 3. The Morgan fingerprint density at radius 1 is 1.47 bits per heavy atom. The second kappa shape index (κ2) is 5.84. The lowest BCUT2D eigenvalue weighted by molar-refractivity contribution is -0.116. The lowest BCUT2D eigenvalue weighted by atomic mass is 10.00. The maximum absolute atomic E-state index is 11.9. The molecule has 102 valence electrons. The second-order valence-corrected chi connectivity index (χ2v) is 4.92. The van der Waals surface area contributed by atoms with Crippen LogP contribution in [0.1, 0.15) is 29.3 Å². The molecule has 2 rings (SSSR count). The third kappa shape index (κ3) is 3.32. The SMILES string of the molecule is CC(CO)CNC(=O)c1ccc2c(c1)CCC(=O)N2. The van der Waals surface area contributed by atoms with E-state index in [1.807, 2.05) is 13.0 Å². The largest absolute Gasteiger partial charge is 0.396 e. The van der Waals surface area contributed by atoms with Gasteiger partial charge in [-0.05, 0) is 36.1 Å². The summed E-state index contributed by atoms with van der Waals surface area (Å²) < 4.78 is 0. The van der Waals surface area contributed by atoms with Gasteiger partial charge in [-0.2, -0.15) is 0 Å². The maximum atomic E-state index is 11.9. The van der Waals surface area contributed by atoms with Crippen molar-refractivity contribution in [3.8, 4) is 0 Å². The molecule has 0 spiro atoms. The minimum absolute atomic E-state index is 0.0153. The first-order valence-corrected chi connectivity index (χ1v) is 6.42. The maximum Gasteiger partial charge on any atom is 0.251 e. The molecule has 1 atom stereocenters. The van der Waals surface area contributed by atoms with Crippen molar-refractivity contribution in [2.75, 3.05) is 18.5 Å². The van der Waals surface area contributed by atoms with Crippen molar-refractivity contribution in [1.29, 1.82) is 0 Å². The highest BCUT2D eigenvalue weighted by atomic mass is 16.3. The number of nitrogens with one attached hydrogen (secondary N) is 2. The minimum Gasteiger partial charge on any atom is -0.396 e. The number of anilines is 1. The van der Waals surface area contributed by atoms with Gasteiger partial charge in [0, 0.05) is 30.8 Å². The van der Waals surface area contributed by atoms with E-state index in [0.717, 1.165) is 11.3 Å². The summed E-state index contributed by atoms with van der Waals surface area (Å²) in [5.74, 6) is -0.0951. The average Bonchev–Trinajstić information content (AvgIpc) is 2.43. The van der Waals surface area contributed by atoms with Gasteiger partial charge in [0.05, 0.1) is 0 Å². The molecule has 1 unspecified atom stereocenters. The van der Waals surface area contributed by atoms with Gasteiger partial charge in [-0.1, -0.05) is 6.92 Å². The molecule has 0 radical (unpaired) electrons. The van der Waals surface area contributed by atoms with Crippen LogP contribution in [-0.2, 0) is 11.2 Å². The number of aryl methyl sites for hydroxylation is 1. The van der Waals surface area contributed by atoms with Crippen molar-refractivity contribution in [2.45, 2.75) is 19.8 Å². The zero-order valence-electron chi connectivity index (χ0n) is 10.9. The van der Waals surface area contributed by atoms with Gasteiger partial charge in [0.2, 0.25) is 5.91 Å². The quantitative estimate of drug-likeness (QED) is 0.755. The third-order valence-electron chi connectivity index (χ3n) is 3.19. The monoisotopic (exact) mass is 262 g/mol. The van der Waals surface area contributed by atoms with Crippen molar-refractivity contribution >= 4 is 17.5 Å². The molecule has 5 nitrogen and oxygen atoms in total. The molecular weight excluding hydrogens is 244 g/mol. The van der Waals surface area contributed by atoms with E-state index in [2.05, 4.69) is 10.6 Å². The molecule has 3 N–H and O–H groups in total. The van der Waals surface area contributed by atoms with E-state index < -0.39 is 0 Å². The van der Waals surface area contributed by atoms with Crippen molar-refractivity contribution in [3.63, 3.8) is 0 Å². The highest BCUT2D eigenvalue weighted by Crippen LogP contribution is 2.23. The van der Waals surface area contributed by atoms with Gasteiger partial charge in [-0.3, -0.25) is 9.59 Å². The molecule has 0 saturated heterocycles. The number of benzene rings is 1. The lowest BCUT2D eigenvalue weighted by Crippen LogP contribution is -2.29. The lowest BCUT2D eigenvalue weighted by Gasteiger charge is -2.17. The number of amides is 2. The molecule has 0 bridgehead atoms. The number of aliphatic hydroxyl groups is 1. The smallest absolute Gasteiger partial charge is 0.251 e. The predicted octanol–water partition coefficient (Wildman–Crippen LogP) is 0.929. The molecule has 19 heavy (non-hydrogen) atoms. The van der Waals surface area contributed by atoms with Crippen LogP contribution in [0.5, 0.6) is 0 Å². The number of hydrogen-bond acceptors (Lipinski definition) is 3. The van der Waals surface area contributed by atoms with Crippen LogP contribution in [-0.4, -0.2) is 30.1 Å². The van der Waals surface area contributed by atoms with E-state index in [1.54, 1.807) is 12.1 Å². The molecule has 0 aromatic heterocycles. The van der Waals surface area contributed by atoms with Crippen LogP contribution in [0.2, 0.25) is 0 Å². The second-order valence-electron chi connectivity index (χ2n) is 4.92. The predicted molar refractivity (Wildman–Crippen MR) is 72.0 cm³/mol. The molecule has 2 amide bonds. The Labute approximate surface area is 112 Å². The van der Waals surface area contributed by atoms with E-state index in [9.17, 15) is 9.59 Å². The van der Waals surface area contributed by atoms with Crippen LogP contribution in [0.3, 0.4) is 0 Å². The fourth-order valence-electron chi connectivity index (χ4n) is 1.96. The molecule has 0 fully saturated rings. The summed E-state index contributed by atoms with van der Waals surface area (Å²) in [6.07, 6.45) is 1.12. The van der Waals surface area contributed by atoms with E-state index in [1.165, 1.54) is 0 Å². The first kappa shape index (κ1) is 13.5. The van der Waals surface area contributed by atoms with Crippen molar-refractivity contribution in [1.82, 2.24) is 5.32 Å². The molecule has 0 saturated carbocycles. The molecule has 1 aliphatic heterocycles. The molecule has 0 aliphatic carbocycles.